The van der Waals surface area contributed by atoms with Crippen molar-refractivity contribution in [2.24, 2.45) is 0 Å². The SMILES string of the molecule is Cc1ccc(-c2nc3s/c(=C/c4ccccc4Cl)c(=O)n3n2)cc1. The summed E-state index contributed by atoms with van der Waals surface area (Å²) in [6.45, 7) is 2.02. The zero-order valence-electron chi connectivity index (χ0n) is 12.7. The second-order valence-corrected chi connectivity index (χ2v) is 6.85. The molecule has 0 N–H and O–H groups in total. The minimum atomic E-state index is -0.180. The number of hydrogen-bond donors (Lipinski definition) is 0. The van der Waals surface area contributed by atoms with Gasteiger partial charge in [-0.3, -0.25) is 4.79 Å². The molecule has 0 aliphatic rings. The van der Waals surface area contributed by atoms with Crippen LogP contribution in [0.2, 0.25) is 5.02 Å². The van der Waals surface area contributed by atoms with Crippen molar-refractivity contribution in [1.29, 1.82) is 0 Å². The van der Waals surface area contributed by atoms with Crippen molar-refractivity contribution in [1.82, 2.24) is 14.6 Å². The molecule has 0 aliphatic heterocycles. The molecule has 0 saturated heterocycles. The lowest BCUT2D eigenvalue weighted by Crippen LogP contribution is -2.23. The minimum absolute atomic E-state index is 0.180. The molecule has 0 amide bonds. The summed E-state index contributed by atoms with van der Waals surface area (Å²) >= 11 is 7.46. The van der Waals surface area contributed by atoms with Gasteiger partial charge in [-0.25, -0.2) is 0 Å². The first-order valence-corrected chi connectivity index (χ1v) is 8.54. The van der Waals surface area contributed by atoms with Gasteiger partial charge in [-0.1, -0.05) is 71.0 Å². The molecule has 4 aromatic rings. The minimum Gasteiger partial charge on any atom is -0.266 e. The maximum Gasteiger partial charge on any atom is 0.291 e. The number of aromatic nitrogens is 3. The molecule has 0 spiro atoms. The van der Waals surface area contributed by atoms with Gasteiger partial charge in [0.25, 0.3) is 5.56 Å². The van der Waals surface area contributed by atoms with Gasteiger partial charge in [-0.15, -0.1) is 5.10 Å². The topological polar surface area (TPSA) is 47.3 Å². The molecule has 24 heavy (non-hydrogen) atoms. The molecule has 0 bridgehead atoms. The number of fused-ring (bicyclic) bond motifs is 1. The summed E-state index contributed by atoms with van der Waals surface area (Å²) in [6.07, 6.45) is 1.78. The van der Waals surface area contributed by atoms with Crippen LogP contribution < -0.4 is 10.1 Å². The molecular formula is C18H12ClN3OS. The van der Waals surface area contributed by atoms with Crippen molar-refractivity contribution >= 4 is 34.0 Å². The standard InChI is InChI=1S/C18H12ClN3OS/c1-11-6-8-12(9-7-11)16-20-18-22(21-16)17(23)15(24-18)10-13-4-2-3-5-14(13)19/h2-10H,1H3/b15-10+. The summed E-state index contributed by atoms with van der Waals surface area (Å²) in [4.78, 5) is 17.6. The van der Waals surface area contributed by atoms with Gasteiger partial charge in [0.1, 0.15) is 0 Å². The highest BCUT2D eigenvalue weighted by Gasteiger charge is 2.12. The van der Waals surface area contributed by atoms with Gasteiger partial charge in [0.05, 0.1) is 4.53 Å². The molecule has 6 heteroatoms. The summed E-state index contributed by atoms with van der Waals surface area (Å²) in [7, 11) is 0. The van der Waals surface area contributed by atoms with Crippen molar-refractivity contribution in [3.8, 4) is 11.4 Å². The van der Waals surface area contributed by atoms with Gasteiger partial charge in [0.2, 0.25) is 4.96 Å². The van der Waals surface area contributed by atoms with Crippen LogP contribution in [-0.2, 0) is 0 Å². The maximum atomic E-state index is 12.5. The smallest absolute Gasteiger partial charge is 0.266 e. The van der Waals surface area contributed by atoms with Crippen LogP contribution in [0.25, 0.3) is 22.4 Å². The molecule has 0 aliphatic carbocycles. The van der Waals surface area contributed by atoms with Crippen LogP contribution in [0.1, 0.15) is 11.1 Å². The Hall–Kier alpha value is -2.50. The molecule has 2 heterocycles. The van der Waals surface area contributed by atoms with Crippen LogP contribution in [0, 0.1) is 6.92 Å². The third kappa shape index (κ3) is 2.62. The Balaban J connectivity index is 1.83. The van der Waals surface area contributed by atoms with Crippen LogP contribution in [0.5, 0.6) is 0 Å². The summed E-state index contributed by atoms with van der Waals surface area (Å²) in [5.41, 5.74) is 2.69. The Bertz CT molecular complexity index is 1150. The Morgan fingerprint density at radius 2 is 1.88 bits per heavy atom. The molecule has 4 nitrogen and oxygen atoms in total. The van der Waals surface area contributed by atoms with Crippen LogP contribution in [0.4, 0.5) is 0 Å². The fraction of sp³-hybridized carbons (Fsp3) is 0.0556. The van der Waals surface area contributed by atoms with Gasteiger partial charge < -0.3 is 0 Å². The van der Waals surface area contributed by atoms with Gasteiger partial charge in [-0.05, 0) is 24.6 Å². The molecular weight excluding hydrogens is 342 g/mol. The molecule has 0 atom stereocenters. The third-order valence-electron chi connectivity index (χ3n) is 3.68. The van der Waals surface area contributed by atoms with Crippen LogP contribution >= 0.6 is 22.9 Å². The zero-order valence-corrected chi connectivity index (χ0v) is 14.3. The largest absolute Gasteiger partial charge is 0.291 e. The van der Waals surface area contributed by atoms with Gasteiger partial charge in [0, 0.05) is 10.6 Å². The summed E-state index contributed by atoms with van der Waals surface area (Å²) in [5.74, 6) is 0.558. The van der Waals surface area contributed by atoms with E-state index in [0.717, 1.165) is 11.1 Å². The van der Waals surface area contributed by atoms with Crippen molar-refractivity contribution < 1.29 is 0 Å². The fourth-order valence-corrected chi connectivity index (χ4v) is 3.48. The predicted octanol–water partition coefficient (Wildman–Crippen LogP) is 3.33. The summed E-state index contributed by atoms with van der Waals surface area (Å²) < 4.78 is 1.91. The first-order chi connectivity index (χ1) is 11.6. The van der Waals surface area contributed by atoms with E-state index < -0.39 is 0 Å². The lowest BCUT2D eigenvalue weighted by Gasteiger charge is -1.95. The molecule has 2 aromatic heterocycles. The molecule has 0 fully saturated rings. The summed E-state index contributed by atoms with van der Waals surface area (Å²) in [6, 6.07) is 15.3. The Labute approximate surface area is 146 Å². The molecule has 0 unspecified atom stereocenters. The number of aryl methyl sites for hydroxylation is 1. The normalized spacial score (nSPS) is 12.2. The lowest BCUT2D eigenvalue weighted by molar-refractivity contribution is 0.937. The number of rotatable bonds is 2. The number of hydrogen-bond acceptors (Lipinski definition) is 4. The molecule has 4 rings (SSSR count). The van der Waals surface area contributed by atoms with Gasteiger partial charge in [-0.2, -0.15) is 9.50 Å². The second-order valence-electron chi connectivity index (χ2n) is 5.43. The van der Waals surface area contributed by atoms with Crippen molar-refractivity contribution in [3.63, 3.8) is 0 Å². The predicted molar refractivity (Wildman–Crippen MR) is 97.5 cm³/mol. The van der Waals surface area contributed by atoms with E-state index in [2.05, 4.69) is 10.1 Å². The van der Waals surface area contributed by atoms with Gasteiger partial charge in [0.15, 0.2) is 5.82 Å². The Kier molecular flexibility index (Phi) is 3.67. The Morgan fingerprint density at radius 3 is 2.58 bits per heavy atom. The van der Waals surface area contributed by atoms with E-state index >= 15 is 0 Å². The average Bonchev–Trinajstić information content (AvgIpc) is 3.11. The highest BCUT2D eigenvalue weighted by molar-refractivity contribution is 7.15. The average molecular weight is 354 g/mol. The van der Waals surface area contributed by atoms with Crippen molar-refractivity contribution in [2.45, 2.75) is 6.92 Å². The first kappa shape index (κ1) is 15.1. The highest BCUT2D eigenvalue weighted by atomic mass is 35.5. The fourth-order valence-electron chi connectivity index (χ4n) is 2.39. The lowest BCUT2D eigenvalue weighted by atomic mass is 10.1. The Morgan fingerprint density at radius 1 is 1.12 bits per heavy atom. The summed E-state index contributed by atoms with van der Waals surface area (Å²) in [5, 5.41) is 4.95. The highest BCUT2D eigenvalue weighted by Crippen LogP contribution is 2.18. The number of halogens is 1. The van der Waals surface area contributed by atoms with Crippen LogP contribution in [-0.4, -0.2) is 14.6 Å². The van der Waals surface area contributed by atoms with E-state index in [0.29, 0.717) is 20.3 Å². The van der Waals surface area contributed by atoms with E-state index in [4.69, 9.17) is 11.6 Å². The van der Waals surface area contributed by atoms with Crippen molar-refractivity contribution in [2.75, 3.05) is 0 Å². The first-order valence-electron chi connectivity index (χ1n) is 7.35. The molecule has 118 valence electrons. The van der Waals surface area contributed by atoms with Crippen LogP contribution in [0.3, 0.4) is 0 Å². The second kappa shape index (κ2) is 5.85. The van der Waals surface area contributed by atoms with E-state index in [1.165, 1.54) is 21.4 Å². The number of benzene rings is 2. The van der Waals surface area contributed by atoms with E-state index in [1.807, 2.05) is 49.4 Å². The monoisotopic (exact) mass is 353 g/mol. The number of thiazole rings is 1. The van der Waals surface area contributed by atoms with Gasteiger partial charge >= 0.3 is 0 Å². The van der Waals surface area contributed by atoms with Crippen molar-refractivity contribution in [3.05, 3.63) is 79.6 Å². The zero-order chi connectivity index (χ0) is 16.7. The maximum absolute atomic E-state index is 12.5. The van der Waals surface area contributed by atoms with E-state index in [9.17, 15) is 4.79 Å². The molecule has 0 saturated carbocycles. The third-order valence-corrected chi connectivity index (χ3v) is 4.99. The van der Waals surface area contributed by atoms with E-state index in [1.54, 1.807) is 12.1 Å². The molecule has 2 aromatic carbocycles. The molecule has 0 radical (unpaired) electrons. The quantitative estimate of drug-likeness (QED) is 0.555. The van der Waals surface area contributed by atoms with Crippen LogP contribution in [0.15, 0.2) is 53.3 Å². The number of nitrogens with zero attached hydrogens (tertiary/aromatic N) is 3. The van der Waals surface area contributed by atoms with E-state index in [-0.39, 0.29) is 5.56 Å².